The van der Waals surface area contributed by atoms with E-state index < -0.39 is 6.10 Å². The summed E-state index contributed by atoms with van der Waals surface area (Å²) in [5.74, 6) is 0.173. The zero-order chi connectivity index (χ0) is 9.56. The molecule has 0 aliphatic heterocycles. The van der Waals surface area contributed by atoms with Crippen molar-refractivity contribution in [2.75, 3.05) is 13.1 Å². The van der Waals surface area contributed by atoms with Gasteiger partial charge in [0.25, 0.3) is 0 Å². The quantitative estimate of drug-likeness (QED) is 0.575. The molecule has 0 aromatic carbocycles. The Kier molecular flexibility index (Phi) is 5.45. The second-order valence-corrected chi connectivity index (χ2v) is 3.05. The van der Waals surface area contributed by atoms with Crippen molar-refractivity contribution in [1.82, 2.24) is 10.6 Å². The van der Waals surface area contributed by atoms with Gasteiger partial charge in [-0.2, -0.15) is 0 Å². The van der Waals surface area contributed by atoms with E-state index in [0.717, 1.165) is 0 Å². The van der Waals surface area contributed by atoms with Crippen LogP contribution in [0.25, 0.3) is 0 Å². The van der Waals surface area contributed by atoms with E-state index in [1.54, 1.807) is 0 Å². The number of aliphatic hydroxyl groups is 1. The number of hydrogen-bond donors (Lipinski definition) is 3. The fourth-order valence-electron chi connectivity index (χ4n) is 0.656. The third-order valence-electron chi connectivity index (χ3n) is 1.58. The Morgan fingerprint density at radius 2 is 2.00 bits per heavy atom. The summed E-state index contributed by atoms with van der Waals surface area (Å²) in [6, 6.07) is -0.225. The molecular weight excluding hydrogens is 156 g/mol. The second-order valence-electron chi connectivity index (χ2n) is 3.05. The minimum absolute atomic E-state index is 0.173. The largest absolute Gasteiger partial charge is 0.391 e. The topological polar surface area (TPSA) is 61.4 Å². The highest BCUT2D eigenvalue weighted by molar-refractivity contribution is 5.73. The highest BCUT2D eigenvalue weighted by atomic mass is 16.3. The average Bonchev–Trinajstić information content (AvgIpc) is 2.00. The molecule has 4 nitrogen and oxygen atoms in total. The minimum atomic E-state index is -0.465. The van der Waals surface area contributed by atoms with Crippen LogP contribution in [-0.4, -0.2) is 30.3 Å². The summed E-state index contributed by atoms with van der Waals surface area (Å²) in [6.45, 7) is 6.57. The van der Waals surface area contributed by atoms with Crippen LogP contribution in [0.1, 0.15) is 20.8 Å². The lowest BCUT2D eigenvalue weighted by Gasteiger charge is -2.14. The lowest BCUT2D eigenvalue weighted by atomic mass is 10.1. The Bertz CT molecular complexity index is 137. The molecule has 0 radical (unpaired) electrons. The molecule has 0 heterocycles. The number of urea groups is 1. The first kappa shape index (κ1) is 11.2. The summed E-state index contributed by atoms with van der Waals surface area (Å²) in [4.78, 5) is 10.8. The second kappa shape index (κ2) is 5.83. The van der Waals surface area contributed by atoms with E-state index in [-0.39, 0.29) is 11.9 Å². The maximum absolute atomic E-state index is 10.8. The van der Waals surface area contributed by atoms with Crippen molar-refractivity contribution < 1.29 is 9.90 Å². The van der Waals surface area contributed by atoms with Crippen molar-refractivity contribution in [3.05, 3.63) is 0 Å². The van der Waals surface area contributed by atoms with E-state index in [9.17, 15) is 9.90 Å². The summed E-state index contributed by atoms with van der Waals surface area (Å²) in [6.07, 6.45) is -0.465. The van der Waals surface area contributed by atoms with Crippen molar-refractivity contribution in [3.63, 3.8) is 0 Å². The molecule has 1 unspecified atom stereocenters. The van der Waals surface area contributed by atoms with Crippen LogP contribution in [0.4, 0.5) is 4.79 Å². The molecule has 0 rings (SSSR count). The van der Waals surface area contributed by atoms with Gasteiger partial charge in [0.15, 0.2) is 0 Å². The zero-order valence-electron chi connectivity index (χ0n) is 7.92. The van der Waals surface area contributed by atoms with Crippen LogP contribution in [0.15, 0.2) is 0 Å². The van der Waals surface area contributed by atoms with Crippen LogP contribution >= 0.6 is 0 Å². The van der Waals surface area contributed by atoms with E-state index in [4.69, 9.17) is 0 Å². The molecule has 0 aliphatic carbocycles. The van der Waals surface area contributed by atoms with Crippen LogP contribution < -0.4 is 10.6 Å². The van der Waals surface area contributed by atoms with E-state index in [1.807, 2.05) is 20.8 Å². The predicted octanol–water partition coefficient (Wildman–Crippen LogP) is 0.322. The molecule has 2 amide bonds. The molecule has 12 heavy (non-hydrogen) atoms. The third-order valence-corrected chi connectivity index (χ3v) is 1.58. The Labute approximate surface area is 73.3 Å². The smallest absolute Gasteiger partial charge is 0.314 e. The Balaban J connectivity index is 3.47. The van der Waals surface area contributed by atoms with Crippen molar-refractivity contribution in [1.29, 1.82) is 0 Å². The van der Waals surface area contributed by atoms with E-state index in [2.05, 4.69) is 10.6 Å². The molecule has 0 spiro atoms. The SMILES string of the molecule is CCNC(=O)NCC(O)C(C)C. The molecule has 0 bridgehead atoms. The number of nitrogens with one attached hydrogen (secondary N) is 2. The first-order valence-electron chi connectivity index (χ1n) is 4.27. The Morgan fingerprint density at radius 1 is 1.42 bits per heavy atom. The van der Waals surface area contributed by atoms with Gasteiger partial charge in [0, 0.05) is 13.1 Å². The van der Waals surface area contributed by atoms with Gasteiger partial charge in [0.2, 0.25) is 0 Å². The Hall–Kier alpha value is -0.770. The first-order chi connectivity index (χ1) is 5.57. The molecule has 4 heteroatoms. The lowest BCUT2D eigenvalue weighted by molar-refractivity contribution is 0.125. The molecule has 72 valence electrons. The van der Waals surface area contributed by atoms with E-state index in [0.29, 0.717) is 13.1 Å². The van der Waals surface area contributed by atoms with Gasteiger partial charge in [0.1, 0.15) is 0 Å². The van der Waals surface area contributed by atoms with Crippen LogP contribution in [0.3, 0.4) is 0 Å². The van der Waals surface area contributed by atoms with Gasteiger partial charge >= 0.3 is 6.03 Å². The summed E-state index contributed by atoms with van der Waals surface area (Å²) >= 11 is 0. The monoisotopic (exact) mass is 174 g/mol. The molecule has 1 atom stereocenters. The van der Waals surface area contributed by atoms with Crippen LogP contribution in [-0.2, 0) is 0 Å². The Morgan fingerprint density at radius 3 is 2.42 bits per heavy atom. The molecule has 0 saturated heterocycles. The van der Waals surface area contributed by atoms with Gasteiger partial charge in [-0.3, -0.25) is 0 Å². The summed E-state index contributed by atoms with van der Waals surface area (Å²) in [5.41, 5.74) is 0. The highest BCUT2D eigenvalue weighted by Gasteiger charge is 2.09. The van der Waals surface area contributed by atoms with Gasteiger partial charge < -0.3 is 15.7 Å². The number of carbonyl (C=O) groups excluding carboxylic acids is 1. The van der Waals surface area contributed by atoms with Crippen molar-refractivity contribution in [2.45, 2.75) is 26.9 Å². The standard InChI is InChI=1S/C8H18N2O2/c1-4-9-8(12)10-5-7(11)6(2)3/h6-7,11H,4-5H2,1-3H3,(H2,9,10,12). The number of amides is 2. The molecule has 3 N–H and O–H groups in total. The predicted molar refractivity (Wildman–Crippen MR) is 47.9 cm³/mol. The molecular formula is C8H18N2O2. The van der Waals surface area contributed by atoms with Gasteiger partial charge in [-0.15, -0.1) is 0 Å². The normalized spacial score (nSPS) is 12.8. The number of rotatable bonds is 4. The fourth-order valence-corrected chi connectivity index (χ4v) is 0.656. The lowest BCUT2D eigenvalue weighted by Crippen LogP contribution is -2.40. The number of carbonyl (C=O) groups is 1. The highest BCUT2D eigenvalue weighted by Crippen LogP contribution is 1.98. The molecule has 0 fully saturated rings. The molecule has 0 saturated carbocycles. The van der Waals surface area contributed by atoms with E-state index >= 15 is 0 Å². The van der Waals surface area contributed by atoms with Gasteiger partial charge in [0.05, 0.1) is 6.10 Å². The number of hydrogen-bond acceptors (Lipinski definition) is 2. The third kappa shape index (κ3) is 4.96. The van der Waals surface area contributed by atoms with E-state index in [1.165, 1.54) is 0 Å². The summed E-state index contributed by atoms with van der Waals surface area (Å²) in [7, 11) is 0. The molecule has 0 aromatic heterocycles. The molecule has 0 aliphatic rings. The van der Waals surface area contributed by atoms with Crippen molar-refractivity contribution >= 4 is 6.03 Å². The minimum Gasteiger partial charge on any atom is -0.391 e. The zero-order valence-corrected chi connectivity index (χ0v) is 7.92. The van der Waals surface area contributed by atoms with Gasteiger partial charge in [-0.05, 0) is 12.8 Å². The van der Waals surface area contributed by atoms with Crippen LogP contribution in [0.5, 0.6) is 0 Å². The first-order valence-corrected chi connectivity index (χ1v) is 4.27. The van der Waals surface area contributed by atoms with Crippen LogP contribution in [0, 0.1) is 5.92 Å². The summed E-state index contributed by atoms with van der Waals surface area (Å²) < 4.78 is 0. The van der Waals surface area contributed by atoms with Crippen LogP contribution in [0.2, 0.25) is 0 Å². The van der Waals surface area contributed by atoms with Crippen molar-refractivity contribution in [3.8, 4) is 0 Å². The summed E-state index contributed by atoms with van der Waals surface area (Å²) in [5, 5.41) is 14.4. The average molecular weight is 174 g/mol. The number of aliphatic hydroxyl groups excluding tert-OH is 1. The maximum Gasteiger partial charge on any atom is 0.314 e. The van der Waals surface area contributed by atoms with Crippen molar-refractivity contribution in [2.24, 2.45) is 5.92 Å². The van der Waals surface area contributed by atoms with Gasteiger partial charge in [-0.1, -0.05) is 13.8 Å². The fraction of sp³-hybridized carbons (Fsp3) is 0.875. The maximum atomic E-state index is 10.8. The molecule has 0 aromatic rings. The van der Waals surface area contributed by atoms with Gasteiger partial charge in [-0.25, -0.2) is 4.79 Å².